The summed E-state index contributed by atoms with van der Waals surface area (Å²) in [7, 11) is 0. The van der Waals surface area contributed by atoms with Gasteiger partial charge in [-0.2, -0.15) is 0 Å². The number of benzene rings is 1. The zero-order valence-corrected chi connectivity index (χ0v) is 7.80. The second-order valence-electron chi connectivity index (χ2n) is 3.16. The van der Waals surface area contributed by atoms with Crippen molar-refractivity contribution in [2.45, 2.75) is 25.7 Å². The van der Waals surface area contributed by atoms with Gasteiger partial charge in [-0.05, 0) is 43.4 Å². The second-order valence-corrected chi connectivity index (χ2v) is 3.16. The predicted octanol–water partition coefficient (Wildman–Crippen LogP) is 3.72. The summed E-state index contributed by atoms with van der Waals surface area (Å²) in [6.45, 7) is 3.67. The van der Waals surface area contributed by atoms with E-state index in [1.54, 1.807) is 0 Å². The van der Waals surface area contributed by atoms with Crippen LogP contribution in [-0.2, 0) is 6.42 Å². The van der Waals surface area contributed by atoms with Gasteiger partial charge in [0.2, 0.25) is 0 Å². The standard InChI is InChI=1S/C12H15F/c1-2-3-4-5-6-11-7-9-12(13)10-8-11/h2,7-10H,1,3-6H2. The fourth-order valence-corrected chi connectivity index (χ4v) is 1.27. The molecule has 0 radical (unpaired) electrons. The van der Waals surface area contributed by atoms with Gasteiger partial charge in [0.05, 0.1) is 0 Å². The SMILES string of the molecule is C=CCCCCc1ccc(F)cc1. The van der Waals surface area contributed by atoms with Gasteiger partial charge in [0.25, 0.3) is 0 Å². The summed E-state index contributed by atoms with van der Waals surface area (Å²) in [5.74, 6) is -0.158. The normalized spacial score (nSPS) is 9.92. The van der Waals surface area contributed by atoms with Gasteiger partial charge in [0, 0.05) is 0 Å². The maximum atomic E-state index is 12.5. The molecule has 0 fully saturated rings. The smallest absolute Gasteiger partial charge is 0.123 e. The molecule has 0 atom stereocenters. The van der Waals surface area contributed by atoms with Crippen molar-refractivity contribution in [3.63, 3.8) is 0 Å². The Morgan fingerprint density at radius 2 is 1.85 bits per heavy atom. The molecular formula is C12H15F. The van der Waals surface area contributed by atoms with Crippen LogP contribution < -0.4 is 0 Å². The summed E-state index contributed by atoms with van der Waals surface area (Å²) in [4.78, 5) is 0. The Kier molecular flexibility index (Phi) is 4.24. The van der Waals surface area contributed by atoms with Crippen molar-refractivity contribution in [2.75, 3.05) is 0 Å². The Labute approximate surface area is 79.1 Å². The Morgan fingerprint density at radius 1 is 1.15 bits per heavy atom. The lowest BCUT2D eigenvalue weighted by atomic mass is 10.1. The first-order chi connectivity index (χ1) is 6.33. The molecule has 0 aromatic heterocycles. The highest BCUT2D eigenvalue weighted by Gasteiger charge is 1.93. The molecule has 70 valence electrons. The van der Waals surface area contributed by atoms with Gasteiger partial charge in [-0.15, -0.1) is 6.58 Å². The van der Waals surface area contributed by atoms with Crippen molar-refractivity contribution >= 4 is 0 Å². The third-order valence-corrected chi connectivity index (χ3v) is 2.04. The average molecular weight is 178 g/mol. The highest BCUT2D eigenvalue weighted by molar-refractivity contribution is 5.15. The molecule has 0 aliphatic heterocycles. The lowest BCUT2D eigenvalue weighted by molar-refractivity contribution is 0.626. The van der Waals surface area contributed by atoms with Crippen LogP contribution in [0.4, 0.5) is 4.39 Å². The molecule has 0 amide bonds. The number of hydrogen-bond donors (Lipinski definition) is 0. The number of allylic oxidation sites excluding steroid dienone is 1. The van der Waals surface area contributed by atoms with Crippen molar-refractivity contribution in [1.82, 2.24) is 0 Å². The molecule has 0 bridgehead atoms. The van der Waals surface area contributed by atoms with Crippen LogP contribution in [0.1, 0.15) is 24.8 Å². The molecule has 13 heavy (non-hydrogen) atoms. The van der Waals surface area contributed by atoms with E-state index in [0.717, 1.165) is 19.3 Å². The molecule has 0 saturated heterocycles. The first kappa shape index (κ1) is 9.97. The van der Waals surface area contributed by atoms with E-state index in [9.17, 15) is 4.39 Å². The summed E-state index contributed by atoms with van der Waals surface area (Å²) >= 11 is 0. The van der Waals surface area contributed by atoms with Crippen LogP contribution in [-0.4, -0.2) is 0 Å². The van der Waals surface area contributed by atoms with E-state index < -0.39 is 0 Å². The summed E-state index contributed by atoms with van der Waals surface area (Å²) < 4.78 is 12.5. The van der Waals surface area contributed by atoms with E-state index in [0.29, 0.717) is 0 Å². The topological polar surface area (TPSA) is 0 Å². The predicted molar refractivity (Wildman–Crippen MR) is 54.2 cm³/mol. The molecule has 0 unspecified atom stereocenters. The van der Waals surface area contributed by atoms with Gasteiger partial charge >= 0.3 is 0 Å². The van der Waals surface area contributed by atoms with E-state index in [4.69, 9.17) is 0 Å². The number of unbranched alkanes of at least 4 members (excludes halogenated alkanes) is 2. The molecule has 0 nitrogen and oxygen atoms in total. The van der Waals surface area contributed by atoms with Crippen LogP contribution in [0.3, 0.4) is 0 Å². The van der Waals surface area contributed by atoms with E-state index >= 15 is 0 Å². The molecule has 1 heteroatoms. The van der Waals surface area contributed by atoms with Crippen LogP contribution in [0.5, 0.6) is 0 Å². The van der Waals surface area contributed by atoms with Gasteiger partial charge in [-0.3, -0.25) is 0 Å². The van der Waals surface area contributed by atoms with Crippen LogP contribution in [0.2, 0.25) is 0 Å². The maximum absolute atomic E-state index is 12.5. The largest absolute Gasteiger partial charge is 0.207 e. The molecule has 0 spiro atoms. The average Bonchev–Trinajstić information content (AvgIpc) is 2.15. The highest BCUT2D eigenvalue weighted by atomic mass is 19.1. The molecule has 1 aromatic carbocycles. The van der Waals surface area contributed by atoms with Gasteiger partial charge < -0.3 is 0 Å². The van der Waals surface area contributed by atoms with Crippen molar-refractivity contribution in [3.05, 3.63) is 48.3 Å². The third-order valence-electron chi connectivity index (χ3n) is 2.04. The van der Waals surface area contributed by atoms with E-state index in [-0.39, 0.29) is 5.82 Å². The number of hydrogen-bond acceptors (Lipinski definition) is 0. The van der Waals surface area contributed by atoms with Gasteiger partial charge in [0.15, 0.2) is 0 Å². The van der Waals surface area contributed by atoms with Crippen molar-refractivity contribution in [2.24, 2.45) is 0 Å². The molecule has 0 saturated carbocycles. The van der Waals surface area contributed by atoms with Crippen LogP contribution in [0, 0.1) is 5.82 Å². The molecular weight excluding hydrogens is 163 g/mol. The Bertz CT molecular complexity index is 248. The minimum Gasteiger partial charge on any atom is -0.207 e. The van der Waals surface area contributed by atoms with E-state index in [1.807, 2.05) is 18.2 Å². The summed E-state index contributed by atoms with van der Waals surface area (Å²) in [6.07, 6.45) is 6.36. The van der Waals surface area contributed by atoms with E-state index in [2.05, 4.69) is 6.58 Å². The summed E-state index contributed by atoms with van der Waals surface area (Å²) in [5, 5.41) is 0. The van der Waals surface area contributed by atoms with Gasteiger partial charge in [0.1, 0.15) is 5.82 Å². The first-order valence-electron chi connectivity index (χ1n) is 4.68. The second kappa shape index (κ2) is 5.52. The zero-order valence-electron chi connectivity index (χ0n) is 7.80. The first-order valence-corrected chi connectivity index (χ1v) is 4.68. The fraction of sp³-hybridized carbons (Fsp3) is 0.333. The highest BCUT2D eigenvalue weighted by Crippen LogP contribution is 2.07. The minimum atomic E-state index is -0.158. The summed E-state index contributed by atoms with van der Waals surface area (Å²) in [6, 6.07) is 6.73. The minimum absolute atomic E-state index is 0.158. The van der Waals surface area contributed by atoms with Crippen LogP contribution in [0.25, 0.3) is 0 Å². The van der Waals surface area contributed by atoms with Crippen molar-refractivity contribution in [3.8, 4) is 0 Å². The van der Waals surface area contributed by atoms with E-state index in [1.165, 1.54) is 24.1 Å². The number of aryl methyl sites for hydroxylation is 1. The Morgan fingerprint density at radius 3 is 2.46 bits per heavy atom. The molecule has 0 heterocycles. The number of rotatable bonds is 5. The lowest BCUT2D eigenvalue weighted by Gasteiger charge is -1.99. The van der Waals surface area contributed by atoms with Crippen molar-refractivity contribution < 1.29 is 4.39 Å². The molecule has 0 N–H and O–H groups in total. The monoisotopic (exact) mass is 178 g/mol. The maximum Gasteiger partial charge on any atom is 0.123 e. The molecule has 0 aliphatic rings. The number of halogens is 1. The van der Waals surface area contributed by atoms with Gasteiger partial charge in [-0.25, -0.2) is 4.39 Å². The molecule has 0 aliphatic carbocycles. The van der Waals surface area contributed by atoms with Crippen molar-refractivity contribution in [1.29, 1.82) is 0 Å². The Hall–Kier alpha value is -1.11. The molecule has 1 aromatic rings. The Balaban J connectivity index is 2.28. The zero-order chi connectivity index (χ0) is 9.52. The molecule has 1 rings (SSSR count). The van der Waals surface area contributed by atoms with Gasteiger partial charge in [-0.1, -0.05) is 18.2 Å². The fourth-order valence-electron chi connectivity index (χ4n) is 1.27. The van der Waals surface area contributed by atoms with Crippen LogP contribution in [0.15, 0.2) is 36.9 Å². The van der Waals surface area contributed by atoms with Crippen LogP contribution >= 0.6 is 0 Å². The third kappa shape index (κ3) is 3.88. The lowest BCUT2D eigenvalue weighted by Crippen LogP contribution is -1.85. The quantitative estimate of drug-likeness (QED) is 0.476. The summed E-state index contributed by atoms with van der Waals surface area (Å²) in [5.41, 5.74) is 1.21.